The molecule has 0 bridgehead atoms. The molecule has 0 radical (unpaired) electrons. The number of esters is 1. The molecule has 0 amide bonds. The van der Waals surface area contributed by atoms with Crippen molar-refractivity contribution in [2.75, 3.05) is 13.2 Å². The molecule has 0 unspecified atom stereocenters. The Morgan fingerprint density at radius 2 is 2.04 bits per heavy atom. The normalized spacial score (nSPS) is 28.5. The van der Waals surface area contributed by atoms with Gasteiger partial charge in [0.05, 0.1) is 17.4 Å². The van der Waals surface area contributed by atoms with Crippen molar-refractivity contribution in [2.45, 2.75) is 31.2 Å². The SMILES string of the molecule is C=C[C@H]1C[C@H]2C=CCN(S(=O)(=O)c3ccc(C)cc3)[C@H]2[C@H]1C(=O)OCC. The van der Waals surface area contributed by atoms with Crippen LogP contribution in [0.1, 0.15) is 18.9 Å². The highest BCUT2D eigenvalue weighted by Gasteiger charge is 2.52. The van der Waals surface area contributed by atoms with Crippen LogP contribution in [-0.4, -0.2) is 37.9 Å². The molecule has 1 aromatic carbocycles. The smallest absolute Gasteiger partial charge is 0.311 e. The maximum Gasteiger partial charge on any atom is 0.311 e. The fraction of sp³-hybridized carbons (Fsp3) is 0.450. The van der Waals surface area contributed by atoms with Gasteiger partial charge < -0.3 is 4.74 Å². The first-order chi connectivity index (χ1) is 12.4. The zero-order valence-electron chi connectivity index (χ0n) is 15.2. The third-order valence-electron chi connectivity index (χ3n) is 5.30. The van der Waals surface area contributed by atoms with Crippen molar-refractivity contribution >= 4 is 16.0 Å². The van der Waals surface area contributed by atoms with Crippen LogP contribution in [0.25, 0.3) is 0 Å². The van der Waals surface area contributed by atoms with Crippen LogP contribution in [0.15, 0.2) is 54.0 Å². The zero-order chi connectivity index (χ0) is 18.9. The summed E-state index contributed by atoms with van der Waals surface area (Å²) in [5.41, 5.74) is 0.998. The monoisotopic (exact) mass is 375 g/mol. The molecule has 0 saturated heterocycles. The highest BCUT2D eigenvalue weighted by molar-refractivity contribution is 7.89. The minimum Gasteiger partial charge on any atom is -0.466 e. The third-order valence-corrected chi connectivity index (χ3v) is 7.18. The van der Waals surface area contributed by atoms with Gasteiger partial charge in [-0.1, -0.05) is 35.9 Å². The first kappa shape index (κ1) is 18.9. The van der Waals surface area contributed by atoms with Gasteiger partial charge in [-0.05, 0) is 44.2 Å². The molecule has 1 saturated carbocycles. The minimum absolute atomic E-state index is 0.0126. The van der Waals surface area contributed by atoms with Crippen molar-refractivity contribution in [3.63, 3.8) is 0 Å². The number of aryl methyl sites for hydroxylation is 1. The van der Waals surface area contributed by atoms with E-state index in [1.54, 1.807) is 37.3 Å². The van der Waals surface area contributed by atoms with Gasteiger partial charge in [0, 0.05) is 12.6 Å². The molecule has 0 aromatic heterocycles. The van der Waals surface area contributed by atoms with E-state index in [9.17, 15) is 13.2 Å². The van der Waals surface area contributed by atoms with E-state index in [0.717, 1.165) is 5.56 Å². The van der Waals surface area contributed by atoms with E-state index >= 15 is 0 Å². The van der Waals surface area contributed by atoms with Gasteiger partial charge in [-0.25, -0.2) is 8.42 Å². The summed E-state index contributed by atoms with van der Waals surface area (Å²) in [6.45, 7) is 8.06. The lowest BCUT2D eigenvalue weighted by Gasteiger charge is -2.36. The maximum absolute atomic E-state index is 13.3. The maximum atomic E-state index is 13.3. The summed E-state index contributed by atoms with van der Waals surface area (Å²) in [5, 5.41) is 0. The highest BCUT2D eigenvalue weighted by Crippen LogP contribution is 2.45. The fourth-order valence-corrected chi connectivity index (χ4v) is 5.71. The standard InChI is InChI=1S/C20H25NO4S/c1-4-15-13-16-7-6-12-21(19(16)18(15)20(22)25-5-2)26(23,24)17-10-8-14(3)9-11-17/h4,6-11,15-16,18-19H,1,5,12-13H2,2-3H3/t15-,16+,18-,19+/m0/s1. The van der Waals surface area contributed by atoms with Crippen LogP contribution < -0.4 is 0 Å². The van der Waals surface area contributed by atoms with Crippen molar-refractivity contribution < 1.29 is 17.9 Å². The number of hydrogen-bond donors (Lipinski definition) is 0. The summed E-state index contributed by atoms with van der Waals surface area (Å²) >= 11 is 0. The Kier molecular flexibility index (Phi) is 5.34. The predicted octanol–water partition coefficient (Wildman–Crippen LogP) is 2.93. The molecule has 1 heterocycles. The van der Waals surface area contributed by atoms with Crippen LogP contribution in [0.3, 0.4) is 0 Å². The number of carbonyl (C=O) groups excluding carboxylic acids is 1. The predicted molar refractivity (Wildman–Crippen MR) is 99.9 cm³/mol. The number of rotatable bonds is 5. The van der Waals surface area contributed by atoms with Gasteiger partial charge in [0.1, 0.15) is 0 Å². The van der Waals surface area contributed by atoms with Gasteiger partial charge in [-0.15, -0.1) is 6.58 Å². The van der Waals surface area contributed by atoms with Crippen molar-refractivity contribution in [3.05, 3.63) is 54.6 Å². The Labute approximate surface area is 155 Å². The summed E-state index contributed by atoms with van der Waals surface area (Å²) in [7, 11) is -3.71. The molecule has 0 spiro atoms. The lowest BCUT2D eigenvalue weighted by atomic mass is 9.92. The topological polar surface area (TPSA) is 63.7 Å². The average molecular weight is 375 g/mol. The van der Waals surface area contributed by atoms with E-state index < -0.39 is 22.0 Å². The number of sulfonamides is 1. The largest absolute Gasteiger partial charge is 0.466 e. The number of fused-ring (bicyclic) bond motifs is 1. The molecule has 140 valence electrons. The second-order valence-electron chi connectivity index (χ2n) is 6.88. The first-order valence-electron chi connectivity index (χ1n) is 8.94. The van der Waals surface area contributed by atoms with Gasteiger partial charge in [0.25, 0.3) is 0 Å². The lowest BCUT2D eigenvalue weighted by Crippen LogP contribution is -2.49. The molecule has 1 aliphatic carbocycles. The molecule has 3 rings (SSSR count). The van der Waals surface area contributed by atoms with E-state index in [1.807, 2.05) is 19.1 Å². The molecule has 2 aliphatic rings. The number of benzene rings is 1. The van der Waals surface area contributed by atoms with Gasteiger partial charge >= 0.3 is 5.97 Å². The van der Waals surface area contributed by atoms with Crippen LogP contribution in [0.2, 0.25) is 0 Å². The van der Waals surface area contributed by atoms with E-state index in [2.05, 4.69) is 6.58 Å². The second kappa shape index (κ2) is 7.37. The number of hydrogen-bond acceptors (Lipinski definition) is 4. The van der Waals surface area contributed by atoms with E-state index in [1.165, 1.54) is 4.31 Å². The number of ether oxygens (including phenoxy) is 1. The van der Waals surface area contributed by atoms with Gasteiger partial charge in [-0.3, -0.25) is 4.79 Å². The fourth-order valence-electron chi connectivity index (χ4n) is 4.07. The summed E-state index contributed by atoms with van der Waals surface area (Å²) in [6, 6.07) is 6.38. The molecule has 0 N–H and O–H groups in total. The molecular formula is C20H25NO4S. The van der Waals surface area contributed by atoms with Crippen molar-refractivity contribution in [2.24, 2.45) is 17.8 Å². The van der Waals surface area contributed by atoms with Crippen LogP contribution in [0.5, 0.6) is 0 Å². The van der Waals surface area contributed by atoms with Crippen LogP contribution in [0.4, 0.5) is 0 Å². The summed E-state index contributed by atoms with van der Waals surface area (Å²) in [4.78, 5) is 12.9. The zero-order valence-corrected chi connectivity index (χ0v) is 16.0. The Hall–Kier alpha value is -1.92. The summed E-state index contributed by atoms with van der Waals surface area (Å²) < 4.78 is 33.3. The Bertz CT molecular complexity index is 813. The Morgan fingerprint density at radius 1 is 1.35 bits per heavy atom. The second-order valence-corrected chi connectivity index (χ2v) is 8.77. The van der Waals surface area contributed by atoms with E-state index in [-0.39, 0.29) is 35.9 Å². The molecule has 4 atom stereocenters. The van der Waals surface area contributed by atoms with Crippen LogP contribution in [0, 0.1) is 24.7 Å². The quantitative estimate of drug-likeness (QED) is 0.586. The van der Waals surface area contributed by atoms with E-state index in [0.29, 0.717) is 6.42 Å². The van der Waals surface area contributed by atoms with Crippen LogP contribution >= 0.6 is 0 Å². The van der Waals surface area contributed by atoms with Crippen molar-refractivity contribution in [1.29, 1.82) is 0 Å². The minimum atomic E-state index is -3.71. The summed E-state index contributed by atoms with van der Waals surface area (Å²) in [6.07, 6.45) is 6.36. The van der Waals surface area contributed by atoms with Gasteiger partial charge in [-0.2, -0.15) is 4.31 Å². The lowest BCUT2D eigenvalue weighted by molar-refractivity contribution is -0.150. The van der Waals surface area contributed by atoms with Crippen molar-refractivity contribution in [3.8, 4) is 0 Å². The van der Waals surface area contributed by atoms with Gasteiger partial charge in [0.15, 0.2) is 0 Å². The molecule has 1 fully saturated rings. The third kappa shape index (κ3) is 3.23. The average Bonchev–Trinajstić information content (AvgIpc) is 3.00. The van der Waals surface area contributed by atoms with E-state index in [4.69, 9.17) is 4.74 Å². The molecule has 1 aliphatic heterocycles. The van der Waals surface area contributed by atoms with Crippen LogP contribution in [-0.2, 0) is 19.6 Å². The van der Waals surface area contributed by atoms with Crippen molar-refractivity contribution in [1.82, 2.24) is 4.31 Å². The molecule has 1 aromatic rings. The number of allylic oxidation sites excluding steroid dienone is 1. The number of carbonyl (C=O) groups is 1. The number of nitrogens with zero attached hydrogens (tertiary/aromatic N) is 1. The summed E-state index contributed by atoms with van der Waals surface area (Å²) in [5.74, 6) is -0.976. The molecule has 5 nitrogen and oxygen atoms in total. The Balaban J connectivity index is 2.01. The molecular weight excluding hydrogens is 350 g/mol. The molecule has 26 heavy (non-hydrogen) atoms. The first-order valence-corrected chi connectivity index (χ1v) is 10.4. The Morgan fingerprint density at radius 3 is 2.65 bits per heavy atom. The highest BCUT2D eigenvalue weighted by atomic mass is 32.2. The molecule has 6 heteroatoms. The van der Waals surface area contributed by atoms with Gasteiger partial charge in [0.2, 0.25) is 10.0 Å².